The normalized spacial score (nSPS) is 31.3. The van der Waals surface area contributed by atoms with E-state index in [0.29, 0.717) is 30.9 Å². The third-order valence-corrected chi connectivity index (χ3v) is 8.94. The topological polar surface area (TPSA) is 149 Å². The number of aliphatic hydroxyl groups is 1. The van der Waals surface area contributed by atoms with E-state index in [2.05, 4.69) is 21.3 Å². The first-order valence-corrected chi connectivity index (χ1v) is 14.0. The largest absolute Gasteiger partial charge is 0.465 e. The van der Waals surface area contributed by atoms with E-state index < -0.39 is 36.1 Å². The van der Waals surface area contributed by atoms with Crippen LogP contribution in [0.25, 0.3) is 0 Å². The summed E-state index contributed by atoms with van der Waals surface area (Å²) in [5, 5.41) is 22.4. The summed E-state index contributed by atoms with van der Waals surface area (Å²) in [7, 11) is 1.76. The number of nitrogens with one attached hydrogen (secondary N) is 4. The third-order valence-electron chi connectivity index (χ3n) is 8.94. The number of carbonyl (C=O) groups excluding carboxylic acids is 4. The molecule has 0 bridgehead atoms. The summed E-state index contributed by atoms with van der Waals surface area (Å²) >= 11 is 0. The Bertz CT molecular complexity index is 1130. The van der Waals surface area contributed by atoms with E-state index in [4.69, 9.17) is 4.74 Å². The number of ether oxygens (including phenoxy) is 1. The molecule has 0 aromatic heterocycles. The van der Waals surface area contributed by atoms with Gasteiger partial charge in [0, 0.05) is 30.2 Å². The maximum Gasteiger partial charge on any atom is 0.318 e. The lowest BCUT2D eigenvalue weighted by Gasteiger charge is -2.37. The van der Waals surface area contributed by atoms with Gasteiger partial charge in [-0.25, -0.2) is 0 Å². The Morgan fingerprint density at radius 1 is 1.18 bits per heavy atom. The maximum atomic E-state index is 13.8. The monoisotopic (exact) mass is 541 g/mol. The van der Waals surface area contributed by atoms with Gasteiger partial charge in [-0.15, -0.1) is 0 Å². The van der Waals surface area contributed by atoms with Crippen LogP contribution in [0.15, 0.2) is 24.3 Å². The summed E-state index contributed by atoms with van der Waals surface area (Å²) in [6.45, 7) is 2.33. The second-order valence-electron chi connectivity index (χ2n) is 11.4. The van der Waals surface area contributed by atoms with Crippen molar-refractivity contribution in [3.63, 3.8) is 0 Å². The number of cyclic esters (lactones) is 1. The molecule has 4 unspecified atom stereocenters. The minimum Gasteiger partial charge on any atom is -0.465 e. The summed E-state index contributed by atoms with van der Waals surface area (Å²) in [5.41, 5.74) is 1.08. The van der Waals surface area contributed by atoms with Crippen molar-refractivity contribution in [2.75, 3.05) is 19.0 Å². The van der Waals surface area contributed by atoms with E-state index >= 15 is 0 Å². The van der Waals surface area contributed by atoms with Gasteiger partial charge in [0.15, 0.2) is 0 Å². The molecule has 1 saturated carbocycles. The molecule has 1 spiro atoms. The fraction of sp³-hybridized carbons (Fsp3) is 0.643. The van der Waals surface area contributed by atoms with Crippen LogP contribution in [-0.2, 0) is 30.5 Å². The van der Waals surface area contributed by atoms with Gasteiger partial charge in [0.25, 0.3) is 0 Å². The Morgan fingerprint density at radius 3 is 2.74 bits per heavy atom. The summed E-state index contributed by atoms with van der Waals surface area (Å²) in [4.78, 5) is 53.2. The molecule has 212 valence electrons. The van der Waals surface area contributed by atoms with Crippen molar-refractivity contribution in [2.24, 2.45) is 11.8 Å². The van der Waals surface area contributed by atoms with Crippen molar-refractivity contribution >= 4 is 29.4 Å². The number of likely N-dealkylation sites (N-methyl/N-ethyl adjacent to an activating group) is 1. The van der Waals surface area contributed by atoms with Gasteiger partial charge in [-0.3, -0.25) is 24.5 Å². The van der Waals surface area contributed by atoms with E-state index in [9.17, 15) is 24.3 Å². The van der Waals surface area contributed by atoms with Crippen molar-refractivity contribution in [1.29, 1.82) is 0 Å². The second-order valence-corrected chi connectivity index (χ2v) is 11.4. The quantitative estimate of drug-likeness (QED) is 0.174. The van der Waals surface area contributed by atoms with Gasteiger partial charge >= 0.3 is 5.97 Å². The van der Waals surface area contributed by atoms with E-state index in [1.165, 1.54) is 0 Å². The summed E-state index contributed by atoms with van der Waals surface area (Å²) in [6, 6.07) is 5.79. The summed E-state index contributed by atoms with van der Waals surface area (Å²) < 4.78 is 4.88. The number of rotatable bonds is 9. The number of carbonyl (C=O) groups is 4. The zero-order valence-electron chi connectivity index (χ0n) is 22.6. The van der Waals surface area contributed by atoms with Crippen molar-refractivity contribution in [3.05, 3.63) is 29.8 Å². The molecular weight excluding hydrogens is 502 g/mol. The van der Waals surface area contributed by atoms with Crippen molar-refractivity contribution in [2.45, 2.75) is 88.3 Å². The van der Waals surface area contributed by atoms with E-state index in [1.807, 2.05) is 17.9 Å². The predicted molar refractivity (Wildman–Crippen MR) is 142 cm³/mol. The average Bonchev–Trinajstić information content (AvgIpc) is 3.21. The van der Waals surface area contributed by atoms with Crippen LogP contribution in [-0.4, -0.2) is 77.2 Å². The van der Waals surface area contributed by atoms with Gasteiger partial charge < -0.3 is 30.7 Å². The van der Waals surface area contributed by atoms with Gasteiger partial charge in [0.05, 0.1) is 12.6 Å². The lowest BCUT2D eigenvalue weighted by Crippen LogP contribution is -2.59. The lowest BCUT2D eigenvalue weighted by molar-refractivity contribution is -0.145. The molecule has 0 radical (unpaired) electrons. The molecule has 1 aliphatic carbocycles. The highest BCUT2D eigenvalue weighted by Crippen LogP contribution is 2.59. The van der Waals surface area contributed by atoms with Gasteiger partial charge in [0.1, 0.15) is 18.2 Å². The average molecular weight is 542 g/mol. The highest BCUT2D eigenvalue weighted by molar-refractivity contribution is 6.05. The van der Waals surface area contributed by atoms with Crippen LogP contribution in [0.5, 0.6) is 0 Å². The highest BCUT2D eigenvalue weighted by atomic mass is 16.5. The molecule has 5 N–H and O–H groups in total. The Morgan fingerprint density at radius 2 is 2.00 bits per heavy atom. The first-order chi connectivity index (χ1) is 18.7. The van der Waals surface area contributed by atoms with Crippen LogP contribution in [0.4, 0.5) is 5.69 Å². The number of hydrogen-bond acceptors (Lipinski definition) is 8. The summed E-state index contributed by atoms with van der Waals surface area (Å²) in [5.74, 6) is -1.58. The Kier molecular flexibility index (Phi) is 7.93. The molecule has 3 saturated heterocycles. The van der Waals surface area contributed by atoms with Crippen molar-refractivity contribution < 1.29 is 29.0 Å². The molecular formula is C28H39N5O6. The van der Waals surface area contributed by atoms with Crippen LogP contribution in [0, 0.1) is 11.8 Å². The Labute approximate surface area is 228 Å². The first-order valence-electron chi connectivity index (χ1n) is 14.0. The Hall–Kier alpha value is -3.02. The van der Waals surface area contributed by atoms with Crippen LogP contribution >= 0.6 is 0 Å². The van der Waals surface area contributed by atoms with Crippen LogP contribution < -0.4 is 21.3 Å². The van der Waals surface area contributed by atoms with Crippen molar-refractivity contribution in [3.8, 4) is 0 Å². The lowest BCUT2D eigenvalue weighted by atomic mass is 9.98. The Balaban J connectivity index is 1.23. The van der Waals surface area contributed by atoms with Crippen LogP contribution in [0.1, 0.15) is 57.4 Å². The SMILES string of the molecule is CN[C@@H](C)C(O)N[C@H]1CCCC2CC23CC[C@@H](C(=O)NCc2cccc(NC(=O)C4CCOC4=O)c2)N3C1=O. The highest BCUT2D eigenvalue weighted by Gasteiger charge is 2.65. The molecule has 3 heterocycles. The van der Waals surface area contributed by atoms with Gasteiger partial charge in [-0.2, -0.15) is 0 Å². The van der Waals surface area contributed by atoms with E-state index in [-0.39, 0.29) is 36.5 Å². The molecule has 11 heteroatoms. The zero-order chi connectivity index (χ0) is 27.7. The third kappa shape index (κ3) is 5.53. The number of anilines is 1. The van der Waals surface area contributed by atoms with Gasteiger partial charge in [0.2, 0.25) is 17.7 Å². The number of nitrogens with zero attached hydrogens (tertiary/aromatic N) is 1. The standard InChI is InChI=1S/C28H39N5O6/c1-16(29-2)23(34)32-21-8-4-6-18-14-28(18)11-9-22(33(28)26(21)37)25(36)30-15-17-5-3-7-19(13-17)31-24(35)20-10-12-39-27(20)38/h3,5,7,13,16,18,20-23,29,32,34H,4,6,8-12,14-15H2,1-2H3,(H,30,36)(H,31,35)/t16-,18?,20?,21-,22-,23?,28?/m0/s1. The molecule has 11 nitrogen and oxygen atoms in total. The number of aliphatic hydroxyl groups excluding tert-OH is 1. The minimum atomic E-state index is -0.878. The molecule has 7 atom stereocenters. The minimum absolute atomic E-state index is 0.104. The molecule has 4 fully saturated rings. The van der Waals surface area contributed by atoms with Crippen molar-refractivity contribution in [1.82, 2.24) is 20.9 Å². The molecule has 3 amide bonds. The van der Waals surface area contributed by atoms with E-state index in [1.54, 1.807) is 25.2 Å². The second kappa shape index (κ2) is 11.2. The smallest absolute Gasteiger partial charge is 0.318 e. The maximum absolute atomic E-state index is 13.8. The number of esters is 1. The van der Waals surface area contributed by atoms with Gasteiger partial charge in [-0.1, -0.05) is 18.6 Å². The molecule has 39 heavy (non-hydrogen) atoms. The number of hydrogen-bond donors (Lipinski definition) is 5. The predicted octanol–water partition coefficient (Wildman–Crippen LogP) is 0.623. The fourth-order valence-corrected chi connectivity index (χ4v) is 6.46. The number of benzene rings is 1. The summed E-state index contributed by atoms with van der Waals surface area (Å²) in [6.07, 6.45) is 4.40. The molecule has 3 aliphatic heterocycles. The first kappa shape index (κ1) is 27.5. The molecule has 1 aromatic rings. The molecule has 5 rings (SSSR count). The number of amides is 3. The fourth-order valence-electron chi connectivity index (χ4n) is 6.46. The zero-order valence-corrected chi connectivity index (χ0v) is 22.6. The van der Waals surface area contributed by atoms with Crippen LogP contribution in [0.3, 0.4) is 0 Å². The molecule has 1 aromatic carbocycles. The van der Waals surface area contributed by atoms with Crippen LogP contribution in [0.2, 0.25) is 0 Å². The molecule has 4 aliphatic rings. The van der Waals surface area contributed by atoms with Gasteiger partial charge in [-0.05, 0) is 69.7 Å². The van der Waals surface area contributed by atoms with E-state index in [0.717, 1.165) is 31.2 Å².